The van der Waals surface area contributed by atoms with Gasteiger partial charge in [0.05, 0.1) is 58.6 Å². The van der Waals surface area contributed by atoms with Gasteiger partial charge >= 0.3 is 5.97 Å². The quantitative estimate of drug-likeness (QED) is 0.137. The number of nitrogens with one attached hydrogen (secondary N) is 1. The lowest BCUT2D eigenvalue weighted by atomic mass is 9.78. The van der Waals surface area contributed by atoms with Crippen LogP contribution in [0.2, 0.25) is 0 Å². The van der Waals surface area contributed by atoms with E-state index in [1.54, 1.807) is 60.6 Å². The SMILES string of the molecule is CC[C@H]1OC(=O)[C@H](C)[C@@H](O[C@H]2C[C@@](C)(OC)[C@@H](O)[C@H](C)O2)[C@H](C)[C@@H](O[C@@H]2O[C@H](C)C[C@H](N(C)CC3CC3C(=O)N[C@H](CF)Cc3ccc(S(C)(=O)=O)cc3)[C@H]2O)[C@](C)(O)CC[C@@H](C)CN(C)[C@H](C)[C@@H](O)C[C@]1(C)O. The Labute approximate surface area is 440 Å². The Balaban J connectivity index is 1.41. The van der Waals surface area contributed by atoms with Gasteiger partial charge in [0.2, 0.25) is 5.91 Å². The number of carbonyl (C=O) groups excluding carboxylic acids is 2. The van der Waals surface area contributed by atoms with Gasteiger partial charge in [-0.25, -0.2) is 12.8 Å². The van der Waals surface area contributed by atoms with Crippen LogP contribution in [0, 0.1) is 29.6 Å². The molecule has 6 N–H and O–H groups in total. The summed E-state index contributed by atoms with van der Waals surface area (Å²) in [6.45, 7) is 17.9. The molecule has 1 amide bonds. The Morgan fingerprint density at radius 3 is 2.23 bits per heavy atom. The molecular weight excluding hydrogens is 982 g/mol. The Morgan fingerprint density at radius 2 is 1.64 bits per heavy atom. The summed E-state index contributed by atoms with van der Waals surface area (Å²) in [5, 5.41) is 62.3. The number of alkyl halides is 1. The first-order valence-corrected chi connectivity index (χ1v) is 28.7. The lowest BCUT2D eigenvalue weighted by molar-refractivity contribution is -0.318. The lowest BCUT2D eigenvalue weighted by Crippen LogP contribution is -2.60. The molecular formula is C54H92FN3O15S. The molecule has 0 spiro atoms. The largest absolute Gasteiger partial charge is 0.459 e. The minimum absolute atomic E-state index is 0.00898. The standard InChI is InChI=1S/C54H92FN3O15S/c1-15-43-53(9,65)25-42(59)34(6)57(11)28-30(2)20-21-52(8,64)48(32(4)46(33(5)50(63)71-43)72-44-26-54(10,68-13)47(61)35(7)70-44)73-51-45(60)41(22-31(3)69-51)58(12)29-37-24-40(37)49(62)56-38(27-55)23-36-16-18-39(19-17-36)74(14,66)67/h16-19,30-35,37-38,40-48,51,59-61,64-65H,15,20-29H2,1-14H3,(H,56,62)/t30-,31-,32+,33-,34-,35+,37?,38+,40?,41+,42+,43-,44+,45-,46+,47+,48-,51+,52-,53+,54-/m1/s1. The fourth-order valence-electron chi connectivity index (χ4n) is 11.6. The Hall–Kier alpha value is -2.44. The average Bonchev–Trinajstić information content (AvgIpc) is 4.10. The van der Waals surface area contributed by atoms with E-state index in [9.17, 15) is 47.9 Å². The van der Waals surface area contributed by atoms with Crippen molar-refractivity contribution in [2.45, 2.75) is 222 Å². The van der Waals surface area contributed by atoms with Crippen molar-refractivity contribution >= 4 is 21.7 Å². The molecule has 0 aromatic heterocycles. The van der Waals surface area contributed by atoms with Crippen LogP contribution in [0.4, 0.5) is 4.39 Å². The first kappa shape index (κ1) is 62.4. The summed E-state index contributed by atoms with van der Waals surface area (Å²) in [6, 6.07) is 4.48. The second kappa shape index (κ2) is 25.6. The van der Waals surface area contributed by atoms with E-state index in [0.29, 0.717) is 37.9 Å². The Morgan fingerprint density at radius 1 is 0.986 bits per heavy atom. The number of cyclic esters (lactones) is 1. The molecule has 1 aromatic rings. The predicted octanol–water partition coefficient (Wildman–Crippen LogP) is 3.79. The number of likely N-dealkylation sites (N-methyl/N-ethyl adjacent to an activating group) is 2. The number of sulfone groups is 1. The summed E-state index contributed by atoms with van der Waals surface area (Å²) in [4.78, 5) is 32.1. The minimum atomic E-state index is -3.39. The monoisotopic (exact) mass is 1070 g/mol. The van der Waals surface area contributed by atoms with Crippen molar-refractivity contribution < 1.29 is 76.4 Å². The summed E-state index contributed by atoms with van der Waals surface area (Å²) in [6.07, 6.45) is -6.70. The first-order valence-electron chi connectivity index (χ1n) is 26.8. The number of esters is 1. The van der Waals surface area contributed by atoms with Gasteiger partial charge in [-0.1, -0.05) is 32.9 Å². The van der Waals surface area contributed by atoms with Gasteiger partial charge < -0.3 is 69.1 Å². The number of ether oxygens (including phenoxy) is 6. The van der Waals surface area contributed by atoms with Crippen LogP contribution in [-0.2, 0) is 54.3 Å². The minimum Gasteiger partial charge on any atom is -0.459 e. The van der Waals surface area contributed by atoms with E-state index >= 15 is 0 Å². The highest BCUT2D eigenvalue weighted by Gasteiger charge is 2.53. The molecule has 1 aromatic carbocycles. The van der Waals surface area contributed by atoms with E-state index in [1.165, 1.54) is 19.2 Å². The van der Waals surface area contributed by atoms with Crippen molar-refractivity contribution in [2.75, 3.05) is 47.2 Å². The fraction of sp³-hybridized carbons (Fsp3) is 0.852. The number of hydrogen-bond donors (Lipinski definition) is 6. The highest BCUT2D eigenvalue weighted by atomic mass is 32.2. The summed E-state index contributed by atoms with van der Waals surface area (Å²) in [5.74, 6) is -3.35. The van der Waals surface area contributed by atoms with Crippen molar-refractivity contribution in [3.63, 3.8) is 0 Å². The highest BCUT2D eigenvalue weighted by Crippen LogP contribution is 2.42. The van der Waals surface area contributed by atoms with Crippen molar-refractivity contribution in [3.8, 4) is 0 Å². The van der Waals surface area contributed by atoms with Crippen LogP contribution in [0.15, 0.2) is 29.2 Å². The normalized spacial score (nSPS) is 42.0. The molecule has 4 fully saturated rings. The van der Waals surface area contributed by atoms with Crippen molar-refractivity contribution in [2.24, 2.45) is 29.6 Å². The number of halogens is 1. The van der Waals surface area contributed by atoms with Gasteiger partial charge in [0.1, 0.15) is 30.6 Å². The Bertz CT molecular complexity index is 2090. The van der Waals surface area contributed by atoms with E-state index in [4.69, 9.17) is 28.4 Å². The van der Waals surface area contributed by atoms with Crippen LogP contribution in [0.1, 0.15) is 120 Å². The van der Waals surface area contributed by atoms with Gasteiger partial charge in [0.25, 0.3) is 0 Å². The van der Waals surface area contributed by atoms with E-state index in [2.05, 4.69) is 12.2 Å². The van der Waals surface area contributed by atoms with E-state index in [1.807, 2.05) is 37.7 Å². The molecule has 74 heavy (non-hydrogen) atoms. The molecule has 2 unspecified atom stereocenters. The predicted molar refractivity (Wildman–Crippen MR) is 275 cm³/mol. The Kier molecular flexibility index (Phi) is 21.6. The number of rotatable bonds is 15. The van der Waals surface area contributed by atoms with Crippen LogP contribution < -0.4 is 5.32 Å². The molecule has 5 rings (SSSR count). The summed E-state index contributed by atoms with van der Waals surface area (Å²) in [7, 11) is 1.85. The number of aliphatic hydroxyl groups excluding tert-OH is 3. The number of carbonyl (C=O) groups is 2. The summed E-state index contributed by atoms with van der Waals surface area (Å²) >= 11 is 0. The number of aliphatic hydroxyl groups is 5. The maximum atomic E-state index is 14.5. The van der Waals surface area contributed by atoms with E-state index in [0.717, 1.165) is 6.26 Å². The van der Waals surface area contributed by atoms with Gasteiger partial charge in [-0.05, 0) is 131 Å². The summed E-state index contributed by atoms with van der Waals surface area (Å²) in [5.41, 5.74) is -3.65. The topological polar surface area (TPSA) is 243 Å². The zero-order chi connectivity index (χ0) is 55.4. The van der Waals surface area contributed by atoms with Gasteiger partial charge in [0, 0.05) is 63.2 Å². The van der Waals surface area contributed by atoms with Crippen LogP contribution >= 0.6 is 0 Å². The highest BCUT2D eigenvalue weighted by molar-refractivity contribution is 7.90. The molecule has 4 aliphatic rings. The van der Waals surface area contributed by atoms with E-state index in [-0.39, 0.29) is 66.7 Å². The number of amides is 1. The van der Waals surface area contributed by atoms with Gasteiger partial charge in [-0.2, -0.15) is 0 Å². The smallest absolute Gasteiger partial charge is 0.311 e. The lowest BCUT2D eigenvalue weighted by Gasteiger charge is -2.48. The molecule has 0 radical (unpaired) electrons. The third kappa shape index (κ3) is 15.6. The van der Waals surface area contributed by atoms with Gasteiger partial charge in [-0.15, -0.1) is 0 Å². The van der Waals surface area contributed by atoms with E-state index < -0.39 is 125 Å². The number of nitrogens with zero attached hydrogens (tertiary/aromatic N) is 2. The zero-order valence-corrected chi connectivity index (χ0v) is 47.3. The number of hydrogen-bond acceptors (Lipinski definition) is 17. The van der Waals surface area contributed by atoms with Gasteiger partial charge in [-0.3, -0.25) is 9.59 Å². The maximum Gasteiger partial charge on any atom is 0.311 e. The molecule has 3 heterocycles. The van der Waals surface area contributed by atoms with Crippen LogP contribution in [0.5, 0.6) is 0 Å². The molecule has 426 valence electrons. The van der Waals surface area contributed by atoms with Crippen LogP contribution in [-0.4, -0.2) is 199 Å². The molecule has 1 aliphatic carbocycles. The van der Waals surface area contributed by atoms with Crippen LogP contribution in [0.3, 0.4) is 0 Å². The molecule has 1 saturated carbocycles. The van der Waals surface area contributed by atoms with Crippen molar-refractivity contribution in [3.05, 3.63) is 29.8 Å². The number of benzene rings is 1. The molecule has 20 heteroatoms. The molecule has 3 aliphatic heterocycles. The third-order valence-electron chi connectivity index (χ3n) is 16.8. The molecule has 21 atom stereocenters. The van der Waals surface area contributed by atoms with Crippen LogP contribution in [0.25, 0.3) is 0 Å². The number of methoxy groups -OCH3 is 1. The zero-order valence-electron chi connectivity index (χ0n) is 46.5. The molecule has 0 bridgehead atoms. The second-order valence-electron chi connectivity index (χ2n) is 23.5. The first-order chi connectivity index (χ1) is 34.4. The summed E-state index contributed by atoms with van der Waals surface area (Å²) < 4.78 is 76.4. The fourth-order valence-corrected chi connectivity index (χ4v) is 12.2. The molecule has 3 saturated heterocycles. The van der Waals surface area contributed by atoms with Crippen molar-refractivity contribution in [1.82, 2.24) is 15.1 Å². The second-order valence-corrected chi connectivity index (χ2v) is 25.5. The van der Waals surface area contributed by atoms with Gasteiger partial charge in [0.15, 0.2) is 22.4 Å². The maximum absolute atomic E-state index is 14.5. The molecule has 18 nitrogen and oxygen atoms in total. The van der Waals surface area contributed by atoms with Crippen molar-refractivity contribution in [1.29, 1.82) is 0 Å². The third-order valence-corrected chi connectivity index (χ3v) is 17.9. The average molecular weight is 1070 g/mol.